The van der Waals surface area contributed by atoms with Gasteiger partial charge in [-0.3, -0.25) is 4.79 Å². The zero-order chi connectivity index (χ0) is 18.9. The lowest BCUT2D eigenvalue weighted by molar-refractivity contribution is -0.120. The summed E-state index contributed by atoms with van der Waals surface area (Å²) in [4.78, 5) is 15.7. The average molecular weight is 364 g/mol. The first kappa shape index (κ1) is 17.5. The van der Waals surface area contributed by atoms with Crippen LogP contribution in [0.2, 0.25) is 0 Å². The molecule has 3 aromatic rings. The number of hydrogen-bond donors (Lipinski definition) is 2. The lowest BCUT2D eigenvalue weighted by Crippen LogP contribution is -2.37. The number of benzene rings is 2. The summed E-state index contributed by atoms with van der Waals surface area (Å²) in [7, 11) is 0. The Morgan fingerprint density at radius 1 is 1.11 bits per heavy atom. The second kappa shape index (κ2) is 6.99. The summed E-state index contributed by atoms with van der Waals surface area (Å²) in [6.45, 7) is 5.93. The van der Waals surface area contributed by atoms with E-state index < -0.39 is 0 Å². The van der Waals surface area contributed by atoms with E-state index >= 15 is 0 Å². The first-order chi connectivity index (χ1) is 13.0. The molecule has 0 radical (unpaired) electrons. The third-order valence-electron chi connectivity index (χ3n) is 5.08. The fourth-order valence-electron chi connectivity index (χ4n) is 3.40. The van der Waals surface area contributed by atoms with Crippen LogP contribution in [-0.2, 0) is 16.6 Å². The van der Waals surface area contributed by atoms with Gasteiger partial charge in [0.15, 0.2) is 11.5 Å². The molecule has 0 saturated heterocycles. The number of rotatable bonds is 5. The standard InChI is InChI=1S/C22H24N2O3/c1-22(2,16-7-8-19-20(12-16)27-10-9-26-19)14-24-21(25)11-15-13-23-18-6-4-3-5-17(15)18/h3-8,12-13,23H,9-11,14H2,1-2H3,(H,24,25). The molecule has 0 spiro atoms. The zero-order valence-corrected chi connectivity index (χ0v) is 15.7. The van der Waals surface area contributed by atoms with Gasteiger partial charge in [0, 0.05) is 29.1 Å². The highest BCUT2D eigenvalue weighted by molar-refractivity contribution is 5.88. The number of para-hydroxylation sites is 1. The van der Waals surface area contributed by atoms with Crippen LogP contribution < -0.4 is 14.8 Å². The molecule has 27 heavy (non-hydrogen) atoms. The van der Waals surface area contributed by atoms with Crippen LogP contribution in [-0.4, -0.2) is 30.6 Å². The van der Waals surface area contributed by atoms with Gasteiger partial charge in [-0.05, 0) is 29.3 Å². The molecule has 5 nitrogen and oxygen atoms in total. The highest BCUT2D eigenvalue weighted by Crippen LogP contribution is 2.34. The molecule has 0 unspecified atom stereocenters. The molecule has 2 heterocycles. The van der Waals surface area contributed by atoms with Crippen molar-refractivity contribution in [2.24, 2.45) is 0 Å². The van der Waals surface area contributed by atoms with Crippen molar-refractivity contribution >= 4 is 16.8 Å². The number of ether oxygens (including phenoxy) is 2. The summed E-state index contributed by atoms with van der Waals surface area (Å²) in [5.74, 6) is 1.58. The predicted octanol–water partition coefficient (Wildman–Crippen LogP) is 3.58. The fourth-order valence-corrected chi connectivity index (χ4v) is 3.40. The van der Waals surface area contributed by atoms with Gasteiger partial charge in [-0.2, -0.15) is 0 Å². The number of fused-ring (bicyclic) bond motifs is 2. The first-order valence-corrected chi connectivity index (χ1v) is 9.25. The quantitative estimate of drug-likeness (QED) is 0.727. The summed E-state index contributed by atoms with van der Waals surface area (Å²) in [6, 6.07) is 14.0. The van der Waals surface area contributed by atoms with Gasteiger partial charge < -0.3 is 19.8 Å². The van der Waals surface area contributed by atoms with Crippen LogP contribution in [0.15, 0.2) is 48.7 Å². The number of hydrogen-bond acceptors (Lipinski definition) is 3. The highest BCUT2D eigenvalue weighted by atomic mass is 16.6. The predicted molar refractivity (Wildman–Crippen MR) is 105 cm³/mol. The molecule has 5 heteroatoms. The summed E-state index contributed by atoms with van der Waals surface area (Å²) < 4.78 is 11.3. The van der Waals surface area contributed by atoms with Gasteiger partial charge in [0.05, 0.1) is 6.42 Å². The number of carbonyl (C=O) groups excluding carboxylic acids is 1. The monoisotopic (exact) mass is 364 g/mol. The minimum absolute atomic E-state index is 0.0189. The number of carbonyl (C=O) groups is 1. The van der Waals surface area contributed by atoms with Crippen molar-refractivity contribution in [1.29, 1.82) is 0 Å². The third kappa shape index (κ3) is 3.63. The van der Waals surface area contributed by atoms with Crippen LogP contribution in [0.1, 0.15) is 25.0 Å². The smallest absolute Gasteiger partial charge is 0.224 e. The molecule has 0 bridgehead atoms. The van der Waals surface area contributed by atoms with Gasteiger partial charge in [-0.15, -0.1) is 0 Å². The van der Waals surface area contributed by atoms with E-state index in [9.17, 15) is 4.79 Å². The summed E-state index contributed by atoms with van der Waals surface area (Å²) in [6.07, 6.45) is 2.28. The van der Waals surface area contributed by atoms with Gasteiger partial charge in [0.25, 0.3) is 0 Å². The maximum atomic E-state index is 12.5. The van der Waals surface area contributed by atoms with Gasteiger partial charge in [-0.25, -0.2) is 0 Å². The number of H-pyrrole nitrogens is 1. The molecular weight excluding hydrogens is 340 g/mol. The van der Waals surface area contributed by atoms with Crippen LogP contribution in [0.25, 0.3) is 10.9 Å². The Morgan fingerprint density at radius 2 is 1.89 bits per heavy atom. The van der Waals surface area contributed by atoms with Gasteiger partial charge in [0.2, 0.25) is 5.91 Å². The Balaban J connectivity index is 1.42. The maximum absolute atomic E-state index is 12.5. The normalized spacial score (nSPS) is 13.6. The van der Waals surface area contributed by atoms with Crippen molar-refractivity contribution in [2.45, 2.75) is 25.7 Å². The van der Waals surface area contributed by atoms with Gasteiger partial charge in [0.1, 0.15) is 13.2 Å². The van der Waals surface area contributed by atoms with E-state index in [2.05, 4.69) is 24.1 Å². The maximum Gasteiger partial charge on any atom is 0.224 e. The molecule has 1 aliphatic rings. The van der Waals surface area contributed by atoms with Crippen molar-refractivity contribution in [3.8, 4) is 11.5 Å². The molecule has 0 fully saturated rings. The molecule has 0 atom stereocenters. The Bertz CT molecular complexity index is 975. The second-order valence-corrected chi connectivity index (χ2v) is 7.56. The zero-order valence-electron chi connectivity index (χ0n) is 15.7. The van der Waals surface area contributed by atoms with E-state index in [1.165, 1.54) is 0 Å². The topological polar surface area (TPSA) is 63.4 Å². The molecule has 0 aliphatic carbocycles. The molecule has 1 aliphatic heterocycles. The fraction of sp³-hybridized carbons (Fsp3) is 0.318. The molecule has 4 rings (SSSR count). The molecular formula is C22H24N2O3. The van der Waals surface area contributed by atoms with Crippen LogP contribution >= 0.6 is 0 Å². The van der Waals surface area contributed by atoms with Crippen molar-refractivity contribution < 1.29 is 14.3 Å². The summed E-state index contributed by atoms with van der Waals surface area (Å²) in [5.41, 5.74) is 2.96. The number of amides is 1. The van der Waals surface area contributed by atoms with Crippen molar-refractivity contribution in [1.82, 2.24) is 10.3 Å². The van der Waals surface area contributed by atoms with E-state index in [1.807, 2.05) is 48.7 Å². The summed E-state index contributed by atoms with van der Waals surface area (Å²) in [5, 5.41) is 4.18. The molecule has 140 valence electrons. The van der Waals surface area contributed by atoms with Crippen molar-refractivity contribution in [2.75, 3.05) is 19.8 Å². The summed E-state index contributed by atoms with van der Waals surface area (Å²) >= 11 is 0. The molecule has 2 N–H and O–H groups in total. The van der Waals surface area contributed by atoms with Crippen LogP contribution in [0.4, 0.5) is 0 Å². The van der Waals surface area contributed by atoms with Gasteiger partial charge >= 0.3 is 0 Å². The minimum Gasteiger partial charge on any atom is -0.486 e. The molecule has 2 aromatic carbocycles. The molecule has 1 amide bonds. The Morgan fingerprint density at radius 3 is 2.74 bits per heavy atom. The van der Waals surface area contributed by atoms with Gasteiger partial charge in [-0.1, -0.05) is 38.1 Å². The largest absolute Gasteiger partial charge is 0.486 e. The minimum atomic E-state index is -0.217. The van der Waals surface area contributed by atoms with E-state index in [4.69, 9.17) is 9.47 Å². The second-order valence-electron chi connectivity index (χ2n) is 7.56. The van der Waals surface area contributed by atoms with E-state index in [0.717, 1.165) is 33.5 Å². The van der Waals surface area contributed by atoms with Crippen LogP contribution in [0.3, 0.4) is 0 Å². The third-order valence-corrected chi connectivity index (χ3v) is 5.08. The van der Waals surface area contributed by atoms with Crippen molar-refractivity contribution in [3.05, 3.63) is 59.8 Å². The Labute approximate surface area is 158 Å². The number of aromatic amines is 1. The lowest BCUT2D eigenvalue weighted by Gasteiger charge is -2.27. The molecule has 0 saturated carbocycles. The van der Waals surface area contributed by atoms with Crippen LogP contribution in [0.5, 0.6) is 11.5 Å². The van der Waals surface area contributed by atoms with Crippen LogP contribution in [0, 0.1) is 0 Å². The van der Waals surface area contributed by atoms with E-state index in [-0.39, 0.29) is 11.3 Å². The highest BCUT2D eigenvalue weighted by Gasteiger charge is 2.24. The number of aromatic nitrogens is 1. The molecule has 1 aromatic heterocycles. The van der Waals surface area contributed by atoms with Crippen molar-refractivity contribution in [3.63, 3.8) is 0 Å². The SMILES string of the molecule is CC(C)(CNC(=O)Cc1c[nH]c2ccccc12)c1ccc2c(c1)OCCO2. The van der Waals surface area contributed by atoms with E-state index in [0.29, 0.717) is 26.2 Å². The lowest BCUT2D eigenvalue weighted by atomic mass is 9.84. The Kier molecular flexibility index (Phi) is 4.52. The Hall–Kier alpha value is -2.95. The average Bonchev–Trinajstić information content (AvgIpc) is 3.09. The first-order valence-electron chi connectivity index (χ1n) is 9.25. The van der Waals surface area contributed by atoms with E-state index in [1.54, 1.807) is 0 Å². The number of nitrogens with one attached hydrogen (secondary N) is 2.